The lowest BCUT2D eigenvalue weighted by atomic mass is 10.1. The Labute approximate surface area is 86.9 Å². The number of pyridine rings is 1. The van der Waals surface area contributed by atoms with Crippen molar-refractivity contribution < 1.29 is 0 Å². The lowest BCUT2D eigenvalue weighted by Gasteiger charge is -2.09. The third kappa shape index (κ3) is 2.51. The Balaban J connectivity index is 2.00. The van der Waals surface area contributed by atoms with Gasteiger partial charge in [0.25, 0.3) is 0 Å². The molecule has 13 heavy (non-hydrogen) atoms. The highest BCUT2D eigenvalue weighted by atomic mass is 79.9. The standard InChI is InChI=1S/C10H13BrN2/c11-9-4-8(6-12-7-9)5-10-2-1-3-13-10/h4,6-7,10,13H,1-3,5H2. The van der Waals surface area contributed by atoms with Crippen LogP contribution < -0.4 is 5.32 Å². The highest BCUT2D eigenvalue weighted by Crippen LogP contribution is 2.14. The van der Waals surface area contributed by atoms with Crippen molar-refractivity contribution >= 4 is 15.9 Å². The van der Waals surface area contributed by atoms with Crippen LogP contribution in [0.2, 0.25) is 0 Å². The van der Waals surface area contributed by atoms with Crippen LogP contribution in [0.1, 0.15) is 18.4 Å². The highest BCUT2D eigenvalue weighted by molar-refractivity contribution is 9.10. The van der Waals surface area contributed by atoms with E-state index >= 15 is 0 Å². The lowest BCUT2D eigenvalue weighted by Crippen LogP contribution is -2.23. The largest absolute Gasteiger partial charge is 0.314 e. The summed E-state index contributed by atoms with van der Waals surface area (Å²) in [6.45, 7) is 1.17. The first-order chi connectivity index (χ1) is 6.34. The molecule has 1 aromatic heterocycles. The molecule has 1 saturated heterocycles. The average Bonchev–Trinajstić information content (AvgIpc) is 2.57. The fourth-order valence-electron chi connectivity index (χ4n) is 1.78. The van der Waals surface area contributed by atoms with E-state index in [1.165, 1.54) is 24.9 Å². The van der Waals surface area contributed by atoms with E-state index in [2.05, 4.69) is 32.3 Å². The maximum Gasteiger partial charge on any atom is 0.0410 e. The maximum absolute atomic E-state index is 4.15. The van der Waals surface area contributed by atoms with Gasteiger partial charge in [-0.05, 0) is 53.4 Å². The first-order valence-electron chi connectivity index (χ1n) is 4.67. The molecule has 2 rings (SSSR count). The number of hydrogen-bond donors (Lipinski definition) is 1. The van der Waals surface area contributed by atoms with Crippen molar-refractivity contribution in [1.29, 1.82) is 0 Å². The molecule has 1 aliphatic rings. The molecule has 0 amide bonds. The summed E-state index contributed by atoms with van der Waals surface area (Å²) in [5.41, 5.74) is 1.31. The van der Waals surface area contributed by atoms with Crippen molar-refractivity contribution in [1.82, 2.24) is 10.3 Å². The number of aromatic nitrogens is 1. The number of halogens is 1. The Kier molecular flexibility index (Phi) is 2.96. The maximum atomic E-state index is 4.15. The molecule has 1 unspecified atom stereocenters. The summed E-state index contributed by atoms with van der Waals surface area (Å²) < 4.78 is 1.07. The monoisotopic (exact) mass is 240 g/mol. The third-order valence-electron chi connectivity index (χ3n) is 2.41. The van der Waals surface area contributed by atoms with Gasteiger partial charge in [-0.15, -0.1) is 0 Å². The number of rotatable bonds is 2. The molecular formula is C10H13BrN2. The molecule has 0 saturated carbocycles. The van der Waals surface area contributed by atoms with E-state index in [9.17, 15) is 0 Å². The quantitative estimate of drug-likeness (QED) is 0.858. The fraction of sp³-hybridized carbons (Fsp3) is 0.500. The number of hydrogen-bond acceptors (Lipinski definition) is 2. The summed E-state index contributed by atoms with van der Waals surface area (Å²) >= 11 is 3.43. The van der Waals surface area contributed by atoms with E-state index in [1.54, 1.807) is 0 Å². The SMILES string of the molecule is Brc1cncc(CC2CCCN2)c1. The average molecular weight is 241 g/mol. The van der Waals surface area contributed by atoms with Crippen molar-refractivity contribution in [2.45, 2.75) is 25.3 Å². The number of nitrogens with zero attached hydrogens (tertiary/aromatic N) is 1. The van der Waals surface area contributed by atoms with Gasteiger partial charge in [0, 0.05) is 22.9 Å². The van der Waals surface area contributed by atoms with Crippen LogP contribution in [0, 0.1) is 0 Å². The molecule has 0 aliphatic carbocycles. The first-order valence-corrected chi connectivity index (χ1v) is 5.47. The second-order valence-electron chi connectivity index (χ2n) is 3.51. The molecule has 2 nitrogen and oxygen atoms in total. The van der Waals surface area contributed by atoms with Crippen LogP contribution >= 0.6 is 15.9 Å². The predicted octanol–water partition coefficient (Wildman–Crippen LogP) is 2.14. The van der Waals surface area contributed by atoms with Gasteiger partial charge >= 0.3 is 0 Å². The van der Waals surface area contributed by atoms with Crippen LogP contribution in [0.25, 0.3) is 0 Å². The van der Waals surface area contributed by atoms with E-state index in [4.69, 9.17) is 0 Å². The number of nitrogens with one attached hydrogen (secondary N) is 1. The van der Waals surface area contributed by atoms with E-state index in [0.29, 0.717) is 6.04 Å². The van der Waals surface area contributed by atoms with Crippen molar-refractivity contribution in [2.24, 2.45) is 0 Å². The van der Waals surface area contributed by atoms with Gasteiger partial charge in [-0.25, -0.2) is 0 Å². The molecule has 0 spiro atoms. The van der Waals surface area contributed by atoms with E-state index in [1.807, 2.05) is 12.4 Å². The zero-order chi connectivity index (χ0) is 9.10. The van der Waals surface area contributed by atoms with Crippen LogP contribution in [0.15, 0.2) is 22.9 Å². The highest BCUT2D eigenvalue weighted by Gasteiger charge is 2.14. The summed E-state index contributed by atoms with van der Waals surface area (Å²) in [7, 11) is 0. The Hall–Kier alpha value is -0.410. The second kappa shape index (κ2) is 4.20. The van der Waals surface area contributed by atoms with Crippen molar-refractivity contribution in [3.05, 3.63) is 28.5 Å². The first kappa shape index (κ1) is 9.16. The Bertz CT molecular complexity index is 282. The smallest absolute Gasteiger partial charge is 0.0410 e. The van der Waals surface area contributed by atoms with E-state index in [0.717, 1.165) is 10.9 Å². The Morgan fingerprint density at radius 1 is 1.54 bits per heavy atom. The minimum absolute atomic E-state index is 0.663. The molecule has 1 aromatic rings. The summed E-state index contributed by atoms with van der Waals surface area (Å²) in [5, 5.41) is 3.48. The molecule has 70 valence electrons. The topological polar surface area (TPSA) is 24.9 Å². The molecule has 0 bridgehead atoms. The molecule has 2 heterocycles. The van der Waals surface area contributed by atoms with Gasteiger partial charge in [0.2, 0.25) is 0 Å². The van der Waals surface area contributed by atoms with Crippen LogP contribution in [-0.2, 0) is 6.42 Å². The molecule has 1 atom stereocenters. The van der Waals surface area contributed by atoms with E-state index < -0.39 is 0 Å². The molecule has 1 fully saturated rings. The lowest BCUT2D eigenvalue weighted by molar-refractivity contribution is 0.602. The minimum atomic E-state index is 0.663. The van der Waals surface area contributed by atoms with Gasteiger partial charge in [-0.2, -0.15) is 0 Å². The van der Waals surface area contributed by atoms with Crippen molar-refractivity contribution in [3.63, 3.8) is 0 Å². The summed E-state index contributed by atoms with van der Waals surface area (Å²) in [4.78, 5) is 4.15. The van der Waals surface area contributed by atoms with Gasteiger partial charge in [-0.1, -0.05) is 0 Å². The van der Waals surface area contributed by atoms with Crippen molar-refractivity contribution in [2.75, 3.05) is 6.54 Å². The van der Waals surface area contributed by atoms with E-state index in [-0.39, 0.29) is 0 Å². The van der Waals surface area contributed by atoms with Gasteiger partial charge < -0.3 is 5.32 Å². The Morgan fingerprint density at radius 3 is 3.15 bits per heavy atom. The molecule has 1 N–H and O–H groups in total. The fourth-order valence-corrected chi connectivity index (χ4v) is 2.20. The molecule has 0 radical (unpaired) electrons. The second-order valence-corrected chi connectivity index (χ2v) is 4.42. The van der Waals surface area contributed by atoms with Crippen LogP contribution in [0.3, 0.4) is 0 Å². The zero-order valence-corrected chi connectivity index (χ0v) is 9.05. The molecule has 0 aromatic carbocycles. The molecular weight excluding hydrogens is 228 g/mol. The Morgan fingerprint density at radius 2 is 2.46 bits per heavy atom. The predicted molar refractivity (Wildman–Crippen MR) is 56.7 cm³/mol. The van der Waals surface area contributed by atoms with Gasteiger partial charge in [-0.3, -0.25) is 4.98 Å². The summed E-state index contributed by atoms with van der Waals surface area (Å²) in [5.74, 6) is 0. The summed E-state index contributed by atoms with van der Waals surface area (Å²) in [6.07, 6.45) is 7.49. The molecule has 1 aliphatic heterocycles. The van der Waals surface area contributed by atoms with Crippen LogP contribution in [0.4, 0.5) is 0 Å². The van der Waals surface area contributed by atoms with Crippen LogP contribution in [0.5, 0.6) is 0 Å². The van der Waals surface area contributed by atoms with Gasteiger partial charge in [0.05, 0.1) is 0 Å². The third-order valence-corrected chi connectivity index (χ3v) is 2.84. The van der Waals surface area contributed by atoms with Gasteiger partial charge in [0.1, 0.15) is 0 Å². The summed E-state index contributed by atoms with van der Waals surface area (Å²) in [6, 6.07) is 2.81. The zero-order valence-electron chi connectivity index (χ0n) is 7.46. The van der Waals surface area contributed by atoms with Gasteiger partial charge in [0.15, 0.2) is 0 Å². The molecule has 3 heteroatoms. The normalized spacial score (nSPS) is 22.1. The van der Waals surface area contributed by atoms with Crippen LogP contribution in [-0.4, -0.2) is 17.6 Å². The minimum Gasteiger partial charge on any atom is -0.314 e. The van der Waals surface area contributed by atoms with Crippen molar-refractivity contribution in [3.8, 4) is 0 Å².